The molecule has 0 amide bonds. The SMILES string of the molecule is O=C(O)Cn1cc(O)[nH]c1=O. The first-order chi connectivity index (χ1) is 5.09. The Labute approximate surface area is 60.7 Å². The summed E-state index contributed by atoms with van der Waals surface area (Å²) < 4.78 is 0.859. The van der Waals surface area contributed by atoms with Crippen molar-refractivity contribution in [1.29, 1.82) is 0 Å². The van der Waals surface area contributed by atoms with Crippen molar-refractivity contribution in [2.75, 3.05) is 0 Å². The summed E-state index contributed by atoms with van der Waals surface area (Å²) in [5.74, 6) is -1.47. The van der Waals surface area contributed by atoms with E-state index in [1.165, 1.54) is 0 Å². The summed E-state index contributed by atoms with van der Waals surface area (Å²) in [5.41, 5.74) is -0.634. The van der Waals surface area contributed by atoms with Crippen molar-refractivity contribution in [2.24, 2.45) is 0 Å². The van der Waals surface area contributed by atoms with E-state index in [9.17, 15) is 9.59 Å². The maximum absolute atomic E-state index is 10.7. The van der Waals surface area contributed by atoms with Gasteiger partial charge in [0.05, 0.1) is 6.20 Å². The fourth-order valence-electron chi connectivity index (χ4n) is 0.683. The Morgan fingerprint density at radius 2 is 2.36 bits per heavy atom. The number of hydrogen-bond donors (Lipinski definition) is 3. The van der Waals surface area contributed by atoms with E-state index < -0.39 is 18.2 Å². The van der Waals surface area contributed by atoms with Crippen LogP contribution in [0.5, 0.6) is 5.88 Å². The molecule has 6 heteroatoms. The molecule has 0 aliphatic heterocycles. The lowest BCUT2D eigenvalue weighted by Gasteiger charge is -1.91. The van der Waals surface area contributed by atoms with Gasteiger partial charge in [-0.1, -0.05) is 0 Å². The van der Waals surface area contributed by atoms with Crippen molar-refractivity contribution in [1.82, 2.24) is 9.55 Å². The second kappa shape index (κ2) is 2.49. The number of aromatic hydroxyl groups is 1. The molecule has 0 aliphatic carbocycles. The van der Waals surface area contributed by atoms with Crippen molar-refractivity contribution in [3.63, 3.8) is 0 Å². The molecule has 6 nitrogen and oxygen atoms in total. The number of aromatic nitrogens is 2. The molecule has 0 saturated carbocycles. The van der Waals surface area contributed by atoms with Crippen LogP contribution in [0.2, 0.25) is 0 Å². The molecular weight excluding hydrogens is 152 g/mol. The lowest BCUT2D eigenvalue weighted by atomic mass is 10.6. The number of H-pyrrole nitrogens is 1. The first kappa shape index (κ1) is 7.39. The lowest BCUT2D eigenvalue weighted by Crippen LogP contribution is -2.20. The van der Waals surface area contributed by atoms with Crippen molar-refractivity contribution in [3.05, 3.63) is 16.7 Å². The van der Waals surface area contributed by atoms with E-state index in [1.807, 2.05) is 4.98 Å². The quantitative estimate of drug-likeness (QED) is 0.512. The predicted molar refractivity (Wildman–Crippen MR) is 34.4 cm³/mol. The van der Waals surface area contributed by atoms with Gasteiger partial charge in [-0.3, -0.25) is 14.3 Å². The van der Waals surface area contributed by atoms with Crippen LogP contribution in [0.1, 0.15) is 0 Å². The largest absolute Gasteiger partial charge is 0.493 e. The molecule has 0 bridgehead atoms. The molecule has 1 rings (SSSR count). The molecule has 0 spiro atoms. The zero-order valence-electron chi connectivity index (χ0n) is 5.44. The highest BCUT2D eigenvalue weighted by Gasteiger charge is 2.04. The zero-order valence-corrected chi connectivity index (χ0v) is 5.44. The summed E-state index contributed by atoms with van der Waals surface area (Å²) in [6.45, 7) is -0.449. The Morgan fingerprint density at radius 1 is 1.73 bits per heavy atom. The Kier molecular flexibility index (Phi) is 1.67. The molecule has 1 aromatic rings. The molecule has 3 N–H and O–H groups in total. The lowest BCUT2D eigenvalue weighted by molar-refractivity contribution is -0.137. The van der Waals surface area contributed by atoms with E-state index in [4.69, 9.17) is 10.2 Å². The number of nitrogens with one attached hydrogen (secondary N) is 1. The summed E-state index contributed by atoms with van der Waals surface area (Å²) in [6.07, 6.45) is 1.02. The van der Waals surface area contributed by atoms with Crippen LogP contribution in [-0.4, -0.2) is 25.7 Å². The van der Waals surface area contributed by atoms with Crippen LogP contribution >= 0.6 is 0 Å². The minimum atomic E-state index is -1.13. The van der Waals surface area contributed by atoms with Crippen LogP contribution in [0.15, 0.2) is 11.0 Å². The van der Waals surface area contributed by atoms with Gasteiger partial charge in [-0.05, 0) is 0 Å². The minimum Gasteiger partial charge on any atom is -0.493 e. The average Bonchev–Trinajstić information content (AvgIpc) is 2.09. The maximum atomic E-state index is 10.7. The van der Waals surface area contributed by atoms with Gasteiger partial charge in [0, 0.05) is 0 Å². The fourth-order valence-corrected chi connectivity index (χ4v) is 0.683. The minimum absolute atomic E-state index is 0.337. The van der Waals surface area contributed by atoms with Crippen molar-refractivity contribution in [2.45, 2.75) is 6.54 Å². The standard InChI is InChI=1S/C5H6N2O4/c8-3-1-7(2-4(9)10)5(11)6-3/h1,8H,2H2,(H,6,11)(H,9,10). The van der Waals surface area contributed by atoms with Crippen LogP contribution in [0.25, 0.3) is 0 Å². The van der Waals surface area contributed by atoms with Gasteiger partial charge in [-0.2, -0.15) is 0 Å². The second-order valence-electron chi connectivity index (χ2n) is 1.97. The molecule has 1 aromatic heterocycles. The highest BCUT2D eigenvalue weighted by Crippen LogP contribution is 1.96. The fraction of sp³-hybridized carbons (Fsp3) is 0.200. The third kappa shape index (κ3) is 1.60. The summed E-state index contributed by atoms with van der Waals surface area (Å²) in [7, 11) is 0. The Balaban J connectivity index is 2.95. The van der Waals surface area contributed by atoms with E-state index >= 15 is 0 Å². The van der Waals surface area contributed by atoms with Crippen molar-refractivity contribution >= 4 is 5.97 Å². The highest BCUT2D eigenvalue weighted by atomic mass is 16.4. The normalized spacial score (nSPS) is 9.82. The number of carboxylic acids is 1. The Bertz CT molecular complexity index is 323. The number of aliphatic carboxylic acids is 1. The third-order valence-electron chi connectivity index (χ3n) is 1.08. The molecular formula is C5H6N2O4. The molecule has 0 saturated heterocycles. The number of rotatable bonds is 2. The molecule has 0 aliphatic rings. The van der Waals surface area contributed by atoms with Gasteiger partial charge in [-0.25, -0.2) is 4.79 Å². The van der Waals surface area contributed by atoms with Crippen molar-refractivity contribution < 1.29 is 15.0 Å². The molecule has 0 fully saturated rings. The molecule has 1 heterocycles. The second-order valence-corrected chi connectivity index (χ2v) is 1.97. The Hall–Kier alpha value is -1.72. The van der Waals surface area contributed by atoms with Crippen LogP contribution in [0.3, 0.4) is 0 Å². The topological polar surface area (TPSA) is 95.3 Å². The van der Waals surface area contributed by atoms with E-state index in [-0.39, 0.29) is 5.88 Å². The summed E-state index contributed by atoms with van der Waals surface area (Å²) in [6, 6.07) is 0. The van der Waals surface area contributed by atoms with E-state index in [1.54, 1.807) is 0 Å². The molecule has 11 heavy (non-hydrogen) atoms. The van der Waals surface area contributed by atoms with Gasteiger partial charge >= 0.3 is 11.7 Å². The number of carboxylic acid groups (broad SMARTS) is 1. The van der Waals surface area contributed by atoms with E-state index in [0.29, 0.717) is 0 Å². The van der Waals surface area contributed by atoms with Crippen LogP contribution < -0.4 is 5.69 Å². The third-order valence-corrected chi connectivity index (χ3v) is 1.08. The Morgan fingerprint density at radius 3 is 2.73 bits per heavy atom. The average molecular weight is 158 g/mol. The summed E-state index contributed by atoms with van der Waals surface area (Å²) >= 11 is 0. The predicted octanol–water partition coefficient (Wildman–Crippen LogP) is -1.03. The number of imidazole rings is 1. The number of carbonyl (C=O) groups is 1. The van der Waals surface area contributed by atoms with E-state index in [2.05, 4.69) is 0 Å². The first-order valence-electron chi connectivity index (χ1n) is 2.80. The van der Waals surface area contributed by atoms with Crippen LogP contribution in [0.4, 0.5) is 0 Å². The molecule has 0 aromatic carbocycles. The molecule has 60 valence electrons. The summed E-state index contributed by atoms with van der Waals surface area (Å²) in [5, 5.41) is 16.9. The van der Waals surface area contributed by atoms with Crippen LogP contribution in [-0.2, 0) is 11.3 Å². The number of nitrogens with zero attached hydrogens (tertiary/aromatic N) is 1. The van der Waals surface area contributed by atoms with Gasteiger partial charge < -0.3 is 10.2 Å². The first-order valence-corrected chi connectivity index (χ1v) is 2.80. The van der Waals surface area contributed by atoms with E-state index in [0.717, 1.165) is 10.8 Å². The highest BCUT2D eigenvalue weighted by molar-refractivity contribution is 5.66. The molecule has 0 radical (unpaired) electrons. The van der Waals surface area contributed by atoms with Gasteiger partial charge in [0.1, 0.15) is 6.54 Å². The van der Waals surface area contributed by atoms with Gasteiger partial charge in [0.2, 0.25) is 5.88 Å². The maximum Gasteiger partial charge on any atom is 0.328 e. The van der Waals surface area contributed by atoms with Crippen molar-refractivity contribution in [3.8, 4) is 5.88 Å². The monoisotopic (exact) mass is 158 g/mol. The molecule has 0 unspecified atom stereocenters. The van der Waals surface area contributed by atoms with Gasteiger partial charge in [0.25, 0.3) is 0 Å². The molecule has 0 atom stereocenters. The smallest absolute Gasteiger partial charge is 0.328 e. The zero-order chi connectivity index (χ0) is 8.43. The summed E-state index contributed by atoms with van der Waals surface area (Å²) in [4.78, 5) is 22.7. The number of hydrogen-bond acceptors (Lipinski definition) is 3. The van der Waals surface area contributed by atoms with Crippen LogP contribution in [0, 0.1) is 0 Å². The van der Waals surface area contributed by atoms with Gasteiger partial charge in [-0.15, -0.1) is 0 Å². The van der Waals surface area contributed by atoms with Gasteiger partial charge in [0.15, 0.2) is 0 Å². The number of aromatic amines is 1.